The molecule has 0 bridgehead atoms. The van der Waals surface area contributed by atoms with Gasteiger partial charge < -0.3 is 10.6 Å². The van der Waals surface area contributed by atoms with Gasteiger partial charge in [0.2, 0.25) is 0 Å². The van der Waals surface area contributed by atoms with Crippen LogP contribution in [0.1, 0.15) is 32.6 Å². The van der Waals surface area contributed by atoms with E-state index in [0.717, 1.165) is 32.0 Å². The number of hydrogen-bond donors (Lipinski definition) is 1. The SMILES string of the molecule is CCCCN=C(N)N1CCCC1. The lowest BCUT2D eigenvalue weighted by Crippen LogP contribution is -2.34. The zero-order valence-corrected chi connectivity index (χ0v) is 7.92. The molecular formula is C9H19N3. The van der Waals surface area contributed by atoms with Crippen LogP contribution in [0.25, 0.3) is 0 Å². The number of nitrogens with two attached hydrogens (primary N) is 1. The van der Waals surface area contributed by atoms with Crippen molar-refractivity contribution in [1.82, 2.24) is 4.90 Å². The van der Waals surface area contributed by atoms with Crippen molar-refractivity contribution in [3.63, 3.8) is 0 Å². The summed E-state index contributed by atoms with van der Waals surface area (Å²) in [6.45, 7) is 5.25. The third kappa shape index (κ3) is 2.72. The number of hydrogen-bond acceptors (Lipinski definition) is 1. The van der Waals surface area contributed by atoms with Gasteiger partial charge in [-0.2, -0.15) is 0 Å². The third-order valence-electron chi connectivity index (χ3n) is 2.22. The molecule has 0 unspecified atom stereocenters. The Morgan fingerprint density at radius 2 is 2.08 bits per heavy atom. The molecule has 0 spiro atoms. The van der Waals surface area contributed by atoms with Gasteiger partial charge in [0, 0.05) is 19.6 Å². The Labute approximate surface area is 74.6 Å². The lowest BCUT2D eigenvalue weighted by atomic mass is 10.3. The third-order valence-corrected chi connectivity index (χ3v) is 2.22. The fourth-order valence-electron chi connectivity index (χ4n) is 1.40. The van der Waals surface area contributed by atoms with Gasteiger partial charge in [-0.3, -0.25) is 4.99 Å². The van der Waals surface area contributed by atoms with Crippen LogP contribution in [-0.4, -0.2) is 30.5 Å². The summed E-state index contributed by atoms with van der Waals surface area (Å²) >= 11 is 0. The van der Waals surface area contributed by atoms with Crippen molar-refractivity contribution in [3.05, 3.63) is 0 Å². The summed E-state index contributed by atoms with van der Waals surface area (Å²) in [6, 6.07) is 0. The molecule has 0 radical (unpaired) electrons. The Bertz CT molecular complexity index is 148. The molecule has 1 aliphatic rings. The van der Waals surface area contributed by atoms with E-state index in [1.165, 1.54) is 19.3 Å². The van der Waals surface area contributed by atoms with E-state index in [1.807, 2.05) is 0 Å². The van der Waals surface area contributed by atoms with E-state index < -0.39 is 0 Å². The molecule has 0 atom stereocenters. The number of nitrogens with zero attached hydrogens (tertiary/aromatic N) is 2. The van der Waals surface area contributed by atoms with Crippen LogP contribution in [0.4, 0.5) is 0 Å². The normalized spacial score (nSPS) is 18.8. The molecular weight excluding hydrogens is 150 g/mol. The maximum absolute atomic E-state index is 5.80. The molecule has 3 heteroatoms. The van der Waals surface area contributed by atoms with Crippen LogP contribution >= 0.6 is 0 Å². The van der Waals surface area contributed by atoms with Gasteiger partial charge >= 0.3 is 0 Å². The maximum Gasteiger partial charge on any atom is 0.191 e. The maximum atomic E-state index is 5.80. The Morgan fingerprint density at radius 3 is 2.67 bits per heavy atom. The highest BCUT2D eigenvalue weighted by Crippen LogP contribution is 2.06. The first-order valence-electron chi connectivity index (χ1n) is 4.89. The number of unbranched alkanes of at least 4 members (excludes halogenated alkanes) is 1. The molecule has 2 N–H and O–H groups in total. The van der Waals surface area contributed by atoms with Crippen LogP contribution in [0.5, 0.6) is 0 Å². The van der Waals surface area contributed by atoms with Crippen molar-refractivity contribution in [2.24, 2.45) is 10.7 Å². The highest BCUT2D eigenvalue weighted by molar-refractivity contribution is 5.78. The molecule has 0 aromatic rings. The number of aliphatic imine (C=N–C) groups is 1. The van der Waals surface area contributed by atoms with Gasteiger partial charge in [0.15, 0.2) is 5.96 Å². The second-order valence-corrected chi connectivity index (χ2v) is 3.29. The molecule has 1 heterocycles. The van der Waals surface area contributed by atoms with E-state index in [9.17, 15) is 0 Å². The second-order valence-electron chi connectivity index (χ2n) is 3.29. The molecule has 0 aliphatic carbocycles. The van der Waals surface area contributed by atoms with Crippen molar-refractivity contribution in [3.8, 4) is 0 Å². The van der Waals surface area contributed by atoms with Crippen molar-refractivity contribution in [2.75, 3.05) is 19.6 Å². The van der Waals surface area contributed by atoms with Crippen LogP contribution in [0.2, 0.25) is 0 Å². The summed E-state index contributed by atoms with van der Waals surface area (Å²) in [5, 5.41) is 0. The molecule has 1 aliphatic heterocycles. The summed E-state index contributed by atoms with van der Waals surface area (Å²) in [5.41, 5.74) is 5.80. The monoisotopic (exact) mass is 169 g/mol. The molecule has 12 heavy (non-hydrogen) atoms. The van der Waals surface area contributed by atoms with Crippen molar-refractivity contribution in [2.45, 2.75) is 32.6 Å². The molecule has 0 aromatic carbocycles. The minimum absolute atomic E-state index is 0.751. The molecule has 0 aromatic heterocycles. The van der Waals surface area contributed by atoms with Gasteiger partial charge in [-0.25, -0.2) is 0 Å². The number of likely N-dealkylation sites (tertiary alicyclic amines) is 1. The number of rotatable bonds is 3. The average molecular weight is 169 g/mol. The Morgan fingerprint density at radius 1 is 1.42 bits per heavy atom. The second kappa shape index (κ2) is 5.01. The quantitative estimate of drug-likeness (QED) is 0.392. The lowest BCUT2D eigenvalue weighted by Gasteiger charge is -2.15. The van der Waals surface area contributed by atoms with E-state index in [1.54, 1.807) is 0 Å². The summed E-state index contributed by atoms with van der Waals surface area (Å²) < 4.78 is 0. The summed E-state index contributed by atoms with van der Waals surface area (Å²) in [5.74, 6) is 0.751. The van der Waals surface area contributed by atoms with Gasteiger partial charge in [-0.15, -0.1) is 0 Å². The Kier molecular flexibility index (Phi) is 3.91. The predicted molar refractivity (Wildman–Crippen MR) is 52.2 cm³/mol. The highest BCUT2D eigenvalue weighted by Gasteiger charge is 2.12. The summed E-state index contributed by atoms with van der Waals surface area (Å²) in [4.78, 5) is 6.49. The van der Waals surface area contributed by atoms with Crippen LogP contribution in [0.15, 0.2) is 4.99 Å². The van der Waals surface area contributed by atoms with Gasteiger partial charge in [0.25, 0.3) is 0 Å². The standard InChI is InChI=1S/C9H19N3/c1-2-3-6-11-9(10)12-7-4-5-8-12/h2-8H2,1H3,(H2,10,11). The van der Waals surface area contributed by atoms with Crippen LogP contribution in [-0.2, 0) is 0 Å². The van der Waals surface area contributed by atoms with Crippen molar-refractivity contribution in [1.29, 1.82) is 0 Å². The molecule has 0 saturated carbocycles. The molecule has 1 saturated heterocycles. The van der Waals surface area contributed by atoms with Crippen molar-refractivity contribution < 1.29 is 0 Å². The molecule has 1 rings (SSSR count). The zero-order chi connectivity index (χ0) is 8.81. The van der Waals surface area contributed by atoms with Crippen LogP contribution < -0.4 is 5.73 Å². The first-order valence-corrected chi connectivity index (χ1v) is 4.89. The summed E-state index contributed by atoms with van der Waals surface area (Å²) in [6.07, 6.45) is 4.87. The van der Waals surface area contributed by atoms with Crippen LogP contribution in [0.3, 0.4) is 0 Å². The molecule has 70 valence electrons. The Hall–Kier alpha value is -0.730. The fraction of sp³-hybridized carbons (Fsp3) is 0.889. The van der Waals surface area contributed by atoms with Gasteiger partial charge in [0.05, 0.1) is 0 Å². The zero-order valence-electron chi connectivity index (χ0n) is 7.92. The first kappa shape index (κ1) is 9.36. The molecule has 1 fully saturated rings. The first-order chi connectivity index (χ1) is 5.84. The van der Waals surface area contributed by atoms with E-state index in [2.05, 4.69) is 16.8 Å². The predicted octanol–water partition coefficient (Wildman–Crippen LogP) is 1.20. The van der Waals surface area contributed by atoms with E-state index in [-0.39, 0.29) is 0 Å². The molecule has 3 nitrogen and oxygen atoms in total. The largest absolute Gasteiger partial charge is 0.370 e. The minimum atomic E-state index is 0.751. The molecule has 0 amide bonds. The fourth-order valence-corrected chi connectivity index (χ4v) is 1.40. The Balaban J connectivity index is 2.24. The summed E-state index contributed by atoms with van der Waals surface area (Å²) in [7, 11) is 0. The van der Waals surface area contributed by atoms with Gasteiger partial charge in [-0.05, 0) is 19.3 Å². The van der Waals surface area contributed by atoms with E-state index in [0.29, 0.717) is 0 Å². The van der Waals surface area contributed by atoms with E-state index >= 15 is 0 Å². The van der Waals surface area contributed by atoms with Gasteiger partial charge in [-0.1, -0.05) is 13.3 Å². The highest BCUT2D eigenvalue weighted by atomic mass is 15.3. The number of guanidine groups is 1. The smallest absolute Gasteiger partial charge is 0.191 e. The minimum Gasteiger partial charge on any atom is -0.370 e. The van der Waals surface area contributed by atoms with Crippen LogP contribution in [0, 0.1) is 0 Å². The lowest BCUT2D eigenvalue weighted by molar-refractivity contribution is 0.509. The topological polar surface area (TPSA) is 41.6 Å². The van der Waals surface area contributed by atoms with E-state index in [4.69, 9.17) is 5.73 Å². The van der Waals surface area contributed by atoms with Crippen molar-refractivity contribution >= 4 is 5.96 Å². The van der Waals surface area contributed by atoms with Gasteiger partial charge in [0.1, 0.15) is 0 Å². The average Bonchev–Trinajstić information content (AvgIpc) is 2.56.